The fourth-order valence-electron chi connectivity index (χ4n) is 4.31. The number of rotatable bonds is 8. The van der Waals surface area contributed by atoms with Gasteiger partial charge in [-0.1, -0.05) is 6.07 Å². The zero-order chi connectivity index (χ0) is 26.5. The molecule has 3 rings (SSSR count). The second-order valence-electron chi connectivity index (χ2n) is 10.1. The third-order valence-electron chi connectivity index (χ3n) is 6.29. The number of methoxy groups -OCH3 is 3. The molecule has 1 aliphatic heterocycles. The highest BCUT2D eigenvalue weighted by atomic mass is 16.6. The van der Waals surface area contributed by atoms with Crippen molar-refractivity contribution in [2.45, 2.75) is 52.2 Å². The summed E-state index contributed by atoms with van der Waals surface area (Å²) < 4.78 is 27.8. The summed E-state index contributed by atoms with van der Waals surface area (Å²) in [7, 11) is 4.64. The third kappa shape index (κ3) is 6.75. The topological polar surface area (TPSA) is 86.7 Å². The van der Waals surface area contributed by atoms with Crippen molar-refractivity contribution in [3.63, 3.8) is 0 Å². The minimum atomic E-state index is -0.870. The molecule has 198 valence electrons. The molecule has 2 aromatic carbocycles. The van der Waals surface area contributed by atoms with Gasteiger partial charge in [-0.3, -0.25) is 0 Å². The average molecular weight is 502 g/mol. The van der Waals surface area contributed by atoms with Gasteiger partial charge in [-0.2, -0.15) is 0 Å². The van der Waals surface area contributed by atoms with Crippen LogP contribution in [-0.4, -0.2) is 62.7 Å². The van der Waals surface area contributed by atoms with Gasteiger partial charge in [-0.05, 0) is 87.4 Å². The molecule has 1 unspecified atom stereocenters. The lowest BCUT2D eigenvalue weighted by Crippen LogP contribution is -2.42. The number of ether oxygens (including phenoxy) is 5. The maximum atomic E-state index is 12.3. The summed E-state index contributed by atoms with van der Waals surface area (Å²) in [5.41, 5.74) is 1.83. The van der Waals surface area contributed by atoms with Crippen LogP contribution in [0.15, 0.2) is 30.3 Å². The number of hydrogen-bond acceptors (Lipinski definition) is 7. The molecule has 36 heavy (non-hydrogen) atoms. The number of aliphatic hydroxyl groups is 1. The van der Waals surface area contributed by atoms with Gasteiger partial charge in [0.2, 0.25) is 5.75 Å². The molecule has 1 N–H and O–H groups in total. The van der Waals surface area contributed by atoms with E-state index in [0.717, 1.165) is 29.7 Å². The van der Waals surface area contributed by atoms with Gasteiger partial charge < -0.3 is 33.7 Å². The highest BCUT2D eigenvalue weighted by molar-refractivity contribution is 5.68. The first kappa shape index (κ1) is 27.5. The zero-order valence-electron chi connectivity index (χ0n) is 22.4. The molecule has 1 fully saturated rings. The first-order chi connectivity index (χ1) is 17.1. The van der Waals surface area contributed by atoms with Gasteiger partial charge in [0.25, 0.3) is 0 Å². The zero-order valence-corrected chi connectivity index (χ0v) is 22.4. The van der Waals surface area contributed by atoms with Crippen LogP contribution in [0.4, 0.5) is 4.79 Å². The number of likely N-dealkylation sites (tertiary alicyclic amines) is 1. The standard InChI is InChI=1S/C28H39NO7/c1-18-14-21(35-17-19-10-12-29(13-11-19)27(31)36-28(2,3)4)8-9-22(18)25(30)20-15-23(32-5)26(34-7)24(16-20)33-6/h8-9,14-16,19,25,30H,10-13,17H2,1-7H3. The van der Waals surface area contributed by atoms with Crippen molar-refractivity contribution in [3.8, 4) is 23.0 Å². The second kappa shape index (κ2) is 11.7. The van der Waals surface area contributed by atoms with Crippen molar-refractivity contribution in [3.05, 3.63) is 47.0 Å². The number of carbonyl (C=O) groups is 1. The van der Waals surface area contributed by atoms with Crippen LogP contribution in [-0.2, 0) is 4.74 Å². The summed E-state index contributed by atoms with van der Waals surface area (Å²) in [6.45, 7) is 9.50. The molecule has 0 aliphatic carbocycles. The Morgan fingerprint density at radius 3 is 2.14 bits per heavy atom. The second-order valence-corrected chi connectivity index (χ2v) is 10.1. The SMILES string of the molecule is COc1cc(C(O)c2ccc(OCC3CCN(C(=O)OC(C)(C)C)CC3)cc2C)cc(OC)c1OC. The summed E-state index contributed by atoms with van der Waals surface area (Å²) in [4.78, 5) is 14.0. The fourth-order valence-corrected chi connectivity index (χ4v) is 4.31. The van der Waals surface area contributed by atoms with Crippen molar-refractivity contribution >= 4 is 6.09 Å². The summed E-state index contributed by atoms with van der Waals surface area (Å²) in [6.07, 6.45) is 0.621. The van der Waals surface area contributed by atoms with Gasteiger partial charge in [-0.15, -0.1) is 0 Å². The molecule has 8 nitrogen and oxygen atoms in total. The summed E-state index contributed by atoms with van der Waals surface area (Å²) in [5.74, 6) is 2.58. The van der Waals surface area contributed by atoms with E-state index in [1.807, 2.05) is 45.9 Å². The van der Waals surface area contributed by atoms with Crippen LogP contribution in [0.1, 0.15) is 56.4 Å². The Kier molecular flexibility index (Phi) is 8.95. The maximum absolute atomic E-state index is 12.3. The Morgan fingerprint density at radius 1 is 1.03 bits per heavy atom. The minimum absolute atomic E-state index is 0.251. The van der Waals surface area contributed by atoms with E-state index < -0.39 is 11.7 Å². The first-order valence-corrected chi connectivity index (χ1v) is 12.3. The molecular weight excluding hydrogens is 462 g/mol. The van der Waals surface area contributed by atoms with Crippen LogP contribution in [0, 0.1) is 12.8 Å². The quantitative estimate of drug-likeness (QED) is 0.537. The molecule has 1 heterocycles. The number of piperidine rings is 1. The Bertz CT molecular complexity index is 1010. The van der Waals surface area contributed by atoms with Crippen LogP contribution in [0.5, 0.6) is 23.0 Å². The van der Waals surface area contributed by atoms with Gasteiger partial charge in [0.15, 0.2) is 11.5 Å². The molecule has 0 spiro atoms. The van der Waals surface area contributed by atoms with E-state index in [1.165, 1.54) is 0 Å². The Balaban J connectivity index is 1.61. The fraction of sp³-hybridized carbons (Fsp3) is 0.536. The van der Waals surface area contributed by atoms with Crippen LogP contribution in [0.2, 0.25) is 0 Å². The molecule has 2 aromatic rings. The van der Waals surface area contributed by atoms with Crippen molar-refractivity contribution < 1.29 is 33.6 Å². The predicted molar refractivity (Wildman–Crippen MR) is 137 cm³/mol. The maximum Gasteiger partial charge on any atom is 0.410 e. The van der Waals surface area contributed by atoms with Gasteiger partial charge in [-0.25, -0.2) is 4.79 Å². The molecule has 8 heteroatoms. The van der Waals surface area contributed by atoms with Crippen LogP contribution >= 0.6 is 0 Å². The van der Waals surface area contributed by atoms with Crippen LogP contribution < -0.4 is 18.9 Å². The number of aryl methyl sites for hydroxylation is 1. The van der Waals surface area contributed by atoms with Gasteiger partial charge >= 0.3 is 6.09 Å². The molecule has 0 bridgehead atoms. The number of carbonyl (C=O) groups excluding carboxylic acids is 1. The summed E-state index contributed by atoms with van der Waals surface area (Å²) >= 11 is 0. The number of nitrogens with zero attached hydrogens (tertiary/aromatic N) is 1. The molecule has 1 atom stereocenters. The van der Waals surface area contributed by atoms with E-state index in [9.17, 15) is 9.90 Å². The van der Waals surface area contributed by atoms with Gasteiger partial charge in [0.05, 0.1) is 27.9 Å². The number of benzene rings is 2. The number of aliphatic hydroxyl groups excluding tert-OH is 1. The lowest BCUT2D eigenvalue weighted by Gasteiger charge is -2.33. The van der Waals surface area contributed by atoms with E-state index >= 15 is 0 Å². The molecule has 1 aliphatic rings. The molecule has 0 aromatic heterocycles. The van der Waals surface area contributed by atoms with Crippen molar-refractivity contribution in [2.75, 3.05) is 41.0 Å². The molecule has 1 saturated heterocycles. The molecular formula is C28H39NO7. The predicted octanol–water partition coefficient (Wildman–Crippen LogP) is 5.13. The monoisotopic (exact) mass is 501 g/mol. The van der Waals surface area contributed by atoms with Crippen molar-refractivity contribution in [2.24, 2.45) is 5.92 Å². The van der Waals surface area contributed by atoms with E-state index in [4.69, 9.17) is 23.7 Å². The number of hydrogen-bond donors (Lipinski definition) is 1. The molecule has 0 saturated carbocycles. The van der Waals surface area contributed by atoms with E-state index in [2.05, 4.69) is 0 Å². The first-order valence-electron chi connectivity index (χ1n) is 12.3. The Hall–Kier alpha value is -3.13. The normalized spacial score (nSPS) is 15.3. The van der Waals surface area contributed by atoms with Crippen LogP contribution in [0.25, 0.3) is 0 Å². The smallest absolute Gasteiger partial charge is 0.410 e. The van der Waals surface area contributed by atoms with Crippen molar-refractivity contribution in [1.82, 2.24) is 4.90 Å². The van der Waals surface area contributed by atoms with E-state index in [0.29, 0.717) is 48.4 Å². The third-order valence-corrected chi connectivity index (χ3v) is 6.29. The number of amides is 1. The van der Waals surface area contributed by atoms with E-state index in [-0.39, 0.29) is 6.09 Å². The van der Waals surface area contributed by atoms with Gasteiger partial charge in [0.1, 0.15) is 17.5 Å². The Morgan fingerprint density at radius 2 is 1.64 bits per heavy atom. The largest absolute Gasteiger partial charge is 0.493 e. The molecule has 0 radical (unpaired) electrons. The average Bonchev–Trinajstić information content (AvgIpc) is 2.85. The van der Waals surface area contributed by atoms with E-state index in [1.54, 1.807) is 38.4 Å². The van der Waals surface area contributed by atoms with Gasteiger partial charge in [0, 0.05) is 13.1 Å². The highest BCUT2D eigenvalue weighted by Crippen LogP contribution is 2.41. The minimum Gasteiger partial charge on any atom is -0.493 e. The summed E-state index contributed by atoms with van der Waals surface area (Å²) in [6, 6.07) is 9.19. The lowest BCUT2D eigenvalue weighted by atomic mass is 9.96. The lowest BCUT2D eigenvalue weighted by molar-refractivity contribution is 0.0165. The van der Waals surface area contributed by atoms with Crippen molar-refractivity contribution in [1.29, 1.82) is 0 Å². The molecule has 1 amide bonds. The van der Waals surface area contributed by atoms with Crippen LogP contribution in [0.3, 0.4) is 0 Å². The summed E-state index contributed by atoms with van der Waals surface area (Å²) in [5, 5.41) is 11.1. The Labute approximate surface area is 214 Å². The highest BCUT2D eigenvalue weighted by Gasteiger charge is 2.27.